The van der Waals surface area contributed by atoms with Crippen LogP contribution in [0.2, 0.25) is 0 Å². The van der Waals surface area contributed by atoms with E-state index in [-0.39, 0.29) is 5.75 Å². The molecule has 166 valence electrons. The van der Waals surface area contributed by atoms with E-state index >= 15 is 0 Å². The zero-order chi connectivity index (χ0) is 22.1. The predicted octanol–water partition coefficient (Wildman–Crippen LogP) is 4.79. The Hall–Kier alpha value is -2.78. The molecule has 1 aromatic heterocycles. The summed E-state index contributed by atoms with van der Waals surface area (Å²) in [5.41, 5.74) is 2.22. The maximum Gasteiger partial charge on any atom is 0.204 e. The molecule has 0 amide bonds. The summed E-state index contributed by atoms with van der Waals surface area (Å²) in [6.07, 6.45) is 4.19. The summed E-state index contributed by atoms with van der Waals surface area (Å²) in [6, 6.07) is 13.3. The van der Waals surface area contributed by atoms with Crippen molar-refractivity contribution in [3.05, 3.63) is 48.0 Å². The molecule has 0 fully saturated rings. The number of hydrogen-bond acceptors (Lipinski definition) is 6. The number of tetrazole rings is 1. The van der Waals surface area contributed by atoms with Gasteiger partial charge in [0.25, 0.3) is 0 Å². The Kier molecular flexibility index (Phi) is 8.54. The Bertz CT molecular complexity index is 959. The van der Waals surface area contributed by atoms with E-state index < -0.39 is 11.1 Å². The SMILES string of the molecule is CCCCN(CCCC)c1cc(-c2nn[nH]n2)cc(CS(=O)O)c1Oc1ccccc1. The van der Waals surface area contributed by atoms with E-state index in [0.29, 0.717) is 22.9 Å². The molecule has 0 bridgehead atoms. The number of ether oxygens (including phenoxy) is 1. The first-order chi connectivity index (χ1) is 15.1. The zero-order valence-corrected chi connectivity index (χ0v) is 18.8. The van der Waals surface area contributed by atoms with Crippen LogP contribution in [0.3, 0.4) is 0 Å². The number of benzene rings is 2. The molecule has 0 aliphatic rings. The Morgan fingerprint density at radius 1 is 1.10 bits per heavy atom. The van der Waals surface area contributed by atoms with Gasteiger partial charge in [0.2, 0.25) is 5.82 Å². The number of nitrogens with one attached hydrogen (secondary N) is 1. The van der Waals surface area contributed by atoms with Crippen molar-refractivity contribution in [1.82, 2.24) is 20.6 Å². The molecule has 0 saturated carbocycles. The molecular formula is C22H29N5O3S. The van der Waals surface area contributed by atoms with E-state index in [1.54, 1.807) is 6.07 Å². The standard InChI is InChI=1S/C22H29N5O3S/c1-3-5-12-27(13-6-4-2)20-15-17(22-23-25-26-24-22)14-18(16-31(28)29)21(20)30-19-10-8-7-9-11-19/h7-11,14-15H,3-6,12-13,16H2,1-2H3,(H,28,29)(H,23,24,25,26). The van der Waals surface area contributed by atoms with Crippen molar-refractivity contribution in [3.63, 3.8) is 0 Å². The van der Waals surface area contributed by atoms with Crippen molar-refractivity contribution in [2.24, 2.45) is 0 Å². The molecule has 3 rings (SSSR count). The number of unbranched alkanes of at least 4 members (excludes halogenated alkanes) is 2. The van der Waals surface area contributed by atoms with E-state index in [1.165, 1.54) is 0 Å². The highest BCUT2D eigenvalue weighted by molar-refractivity contribution is 7.78. The summed E-state index contributed by atoms with van der Waals surface area (Å²) in [5.74, 6) is 1.64. The quantitative estimate of drug-likeness (QED) is 0.388. The van der Waals surface area contributed by atoms with Crippen LogP contribution in [0.15, 0.2) is 42.5 Å². The molecule has 1 atom stereocenters. The highest BCUT2D eigenvalue weighted by Gasteiger charge is 2.21. The van der Waals surface area contributed by atoms with Gasteiger partial charge in [-0.25, -0.2) is 4.21 Å². The second-order valence-electron chi connectivity index (χ2n) is 7.29. The molecule has 1 unspecified atom stereocenters. The highest BCUT2D eigenvalue weighted by Crippen LogP contribution is 2.40. The van der Waals surface area contributed by atoms with Gasteiger partial charge in [-0.2, -0.15) is 5.21 Å². The molecule has 9 heteroatoms. The number of nitrogens with zero attached hydrogens (tertiary/aromatic N) is 4. The van der Waals surface area contributed by atoms with Gasteiger partial charge in [0, 0.05) is 24.2 Å². The topological polar surface area (TPSA) is 104 Å². The van der Waals surface area contributed by atoms with Crippen molar-refractivity contribution in [3.8, 4) is 22.9 Å². The molecule has 0 saturated heterocycles. The molecule has 3 aromatic rings. The van der Waals surface area contributed by atoms with Crippen molar-refractivity contribution in [2.45, 2.75) is 45.3 Å². The fourth-order valence-electron chi connectivity index (χ4n) is 3.34. The Morgan fingerprint density at radius 3 is 2.39 bits per heavy atom. The smallest absolute Gasteiger partial charge is 0.204 e. The van der Waals surface area contributed by atoms with Gasteiger partial charge in [-0.3, -0.25) is 0 Å². The van der Waals surface area contributed by atoms with Crippen LogP contribution in [0.4, 0.5) is 5.69 Å². The van der Waals surface area contributed by atoms with Crippen LogP contribution in [0.1, 0.15) is 45.1 Å². The van der Waals surface area contributed by atoms with E-state index in [9.17, 15) is 8.76 Å². The largest absolute Gasteiger partial charge is 0.455 e. The lowest BCUT2D eigenvalue weighted by Gasteiger charge is -2.28. The second-order valence-corrected chi connectivity index (χ2v) is 8.23. The third kappa shape index (κ3) is 6.35. The highest BCUT2D eigenvalue weighted by atomic mass is 32.2. The molecule has 31 heavy (non-hydrogen) atoms. The van der Waals surface area contributed by atoms with Gasteiger partial charge < -0.3 is 14.2 Å². The molecule has 1 heterocycles. The van der Waals surface area contributed by atoms with Crippen LogP contribution >= 0.6 is 0 Å². The maximum absolute atomic E-state index is 11.8. The number of rotatable bonds is 12. The van der Waals surface area contributed by atoms with Gasteiger partial charge in [-0.15, -0.1) is 10.2 Å². The zero-order valence-electron chi connectivity index (χ0n) is 18.0. The maximum atomic E-state index is 11.8. The van der Waals surface area contributed by atoms with Gasteiger partial charge in [-0.1, -0.05) is 44.9 Å². The Balaban J connectivity index is 2.15. The summed E-state index contributed by atoms with van der Waals surface area (Å²) in [6.45, 7) is 6.04. The molecule has 0 radical (unpaired) electrons. The monoisotopic (exact) mass is 443 g/mol. The normalized spacial score (nSPS) is 12.0. The molecule has 0 spiro atoms. The van der Waals surface area contributed by atoms with E-state index in [2.05, 4.69) is 39.4 Å². The first kappa shape index (κ1) is 22.9. The van der Waals surface area contributed by atoms with Crippen LogP contribution in [0.25, 0.3) is 11.4 Å². The van der Waals surface area contributed by atoms with Crippen molar-refractivity contribution in [1.29, 1.82) is 0 Å². The third-order valence-corrected chi connectivity index (χ3v) is 5.45. The minimum absolute atomic E-state index is 0.0593. The lowest BCUT2D eigenvalue weighted by atomic mass is 10.1. The fraction of sp³-hybridized carbons (Fsp3) is 0.409. The second kappa shape index (κ2) is 11.6. The molecule has 2 N–H and O–H groups in total. The van der Waals surface area contributed by atoms with Crippen molar-refractivity contribution in [2.75, 3.05) is 18.0 Å². The molecular weight excluding hydrogens is 414 g/mol. The molecule has 0 aliphatic carbocycles. The lowest BCUT2D eigenvalue weighted by molar-refractivity contribution is 0.475. The Labute approximate surface area is 185 Å². The number of hydrogen-bond donors (Lipinski definition) is 2. The van der Waals surface area contributed by atoms with Gasteiger partial charge in [0.05, 0.1) is 11.4 Å². The van der Waals surface area contributed by atoms with Crippen LogP contribution < -0.4 is 9.64 Å². The van der Waals surface area contributed by atoms with Crippen LogP contribution in [0, 0.1) is 0 Å². The fourth-order valence-corrected chi connectivity index (χ4v) is 3.82. The van der Waals surface area contributed by atoms with E-state index in [4.69, 9.17) is 4.74 Å². The number of anilines is 1. The molecule has 8 nitrogen and oxygen atoms in total. The van der Waals surface area contributed by atoms with E-state index in [1.807, 2.05) is 36.4 Å². The minimum atomic E-state index is -2.03. The van der Waals surface area contributed by atoms with Gasteiger partial charge in [0.1, 0.15) is 5.75 Å². The van der Waals surface area contributed by atoms with Gasteiger partial charge in [-0.05, 0) is 42.3 Å². The summed E-state index contributed by atoms with van der Waals surface area (Å²) in [7, 11) is 0. The van der Waals surface area contributed by atoms with Crippen LogP contribution in [-0.2, 0) is 16.8 Å². The van der Waals surface area contributed by atoms with E-state index in [0.717, 1.165) is 50.0 Å². The van der Waals surface area contributed by atoms with Gasteiger partial charge in [0.15, 0.2) is 16.8 Å². The summed E-state index contributed by atoms with van der Waals surface area (Å²) in [5, 5.41) is 14.3. The predicted molar refractivity (Wildman–Crippen MR) is 123 cm³/mol. The van der Waals surface area contributed by atoms with Gasteiger partial charge >= 0.3 is 0 Å². The number of aromatic nitrogens is 4. The van der Waals surface area contributed by atoms with Crippen molar-refractivity contribution >= 4 is 16.8 Å². The number of aromatic amines is 1. The first-order valence-corrected chi connectivity index (χ1v) is 11.9. The first-order valence-electron chi connectivity index (χ1n) is 10.6. The van der Waals surface area contributed by atoms with Crippen molar-refractivity contribution < 1.29 is 13.5 Å². The lowest BCUT2D eigenvalue weighted by Crippen LogP contribution is -2.26. The Morgan fingerprint density at radius 2 is 1.81 bits per heavy atom. The summed E-state index contributed by atoms with van der Waals surface area (Å²) >= 11 is -2.03. The average Bonchev–Trinajstić information content (AvgIpc) is 3.30. The molecule has 2 aromatic carbocycles. The third-order valence-electron chi connectivity index (χ3n) is 4.90. The number of para-hydroxylation sites is 1. The molecule has 0 aliphatic heterocycles. The summed E-state index contributed by atoms with van der Waals surface area (Å²) in [4.78, 5) is 2.29. The van der Waals surface area contributed by atoms with Crippen LogP contribution in [-0.4, -0.2) is 42.5 Å². The van der Waals surface area contributed by atoms with Crippen LogP contribution in [0.5, 0.6) is 11.5 Å². The summed E-state index contributed by atoms with van der Waals surface area (Å²) < 4.78 is 27.8. The average molecular weight is 444 g/mol. The minimum Gasteiger partial charge on any atom is -0.455 e. The number of H-pyrrole nitrogens is 1.